The Morgan fingerprint density at radius 2 is 2.07 bits per heavy atom. The molecule has 0 spiro atoms. The molecule has 6 nitrogen and oxygen atoms in total. The van der Waals surface area contributed by atoms with Gasteiger partial charge in [-0.3, -0.25) is 14.4 Å². The highest BCUT2D eigenvalue weighted by atomic mass is 16.7. The second-order valence-electron chi connectivity index (χ2n) is 3.49. The fourth-order valence-corrected chi connectivity index (χ4v) is 0.878. The van der Waals surface area contributed by atoms with Gasteiger partial charge < -0.3 is 11.1 Å². The fourth-order valence-electron chi connectivity index (χ4n) is 0.878. The summed E-state index contributed by atoms with van der Waals surface area (Å²) in [5, 5.41) is 3.18. The third-order valence-electron chi connectivity index (χ3n) is 1.53. The topological polar surface area (TPSA) is 93.4 Å². The van der Waals surface area contributed by atoms with E-state index in [2.05, 4.69) is 15.6 Å². The van der Waals surface area contributed by atoms with E-state index in [1.807, 2.05) is 13.8 Å². The lowest BCUT2D eigenvalue weighted by Gasteiger charge is -2.07. The van der Waals surface area contributed by atoms with E-state index >= 15 is 0 Å². The van der Waals surface area contributed by atoms with Crippen LogP contribution in [0.5, 0.6) is 0 Å². The van der Waals surface area contributed by atoms with Gasteiger partial charge in [0.25, 0.3) is 0 Å². The maximum Gasteiger partial charge on any atom is 0.246 e. The molecule has 0 aliphatic carbocycles. The number of primary amides is 1. The maximum absolute atomic E-state index is 11.1. The molecule has 88 valence electrons. The van der Waals surface area contributed by atoms with Gasteiger partial charge in [-0.25, -0.2) is 5.48 Å². The fraction of sp³-hybridized carbons (Fsp3) is 0.778. The molecule has 2 amide bonds. The number of rotatable bonds is 8. The van der Waals surface area contributed by atoms with Gasteiger partial charge in [0.05, 0.1) is 0 Å². The third kappa shape index (κ3) is 10.8. The van der Waals surface area contributed by atoms with Gasteiger partial charge in [-0.05, 0) is 13.0 Å². The molecule has 6 heteroatoms. The van der Waals surface area contributed by atoms with Crippen molar-refractivity contribution in [2.75, 3.05) is 13.2 Å². The highest BCUT2D eigenvalue weighted by Crippen LogP contribution is 1.88. The van der Waals surface area contributed by atoms with E-state index in [9.17, 15) is 9.59 Å². The predicted molar refractivity (Wildman–Crippen MR) is 55.7 cm³/mol. The number of carbonyl (C=O) groups is 2. The first-order valence-electron chi connectivity index (χ1n) is 4.94. The molecule has 0 atom stereocenters. The van der Waals surface area contributed by atoms with E-state index in [-0.39, 0.29) is 12.5 Å². The van der Waals surface area contributed by atoms with Crippen LogP contribution in [0.3, 0.4) is 0 Å². The SMILES string of the molecule is CC(C)NCCCC(=O)NOCC(N)=O. The summed E-state index contributed by atoms with van der Waals surface area (Å²) < 4.78 is 0. The Morgan fingerprint density at radius 3 is 2.60 bits per heavy atom. The lowest BCUT2D eigenvalue weighted by molar-refractivity contribution is -0.138. The van der Waals surface area contributed by atoms with Crippen LogP contribution < -0.4 is 16.5 Å². The number of carbonyl (C=O) groups excluding carboxylic acids is 2. The summed E-state index contributed by atoms with van der Waals surface area (Å²) in [5.41, 5.74) is 6.94. The molecule has 0 saturated carbocycles. The molecule has 15 heavy (non-hydrogen) atoms. The van der Waals surface area contributed by atoms with Gasteiger partial charge in [0.1, 0.15) is 0 Å². The Morgan fingerprint density at radius 1 is 1.40 bits per heavy atom. The zero-order chi connectivity index (χ0) is 11.7. The van der Waals surface area contributed by atoms with Crippen LogP contribution in [0.15, 0.2) is 0 Å². The average Bonchev–Trinajstić information content (AvgIpc) is 2.11. The van der Waals surface area contributed by atoms with Crippen molar-refractivity contribution in [3.63, 3.8) is 0 Å². The second kappa shape index (κ2) is 8.19. The molecule has 0 fully saturated rings. The van der Waals surface area contributed by atoms with Gasteiger partial charge in [0.2, 0.25) is 11.8 Å². The number of nitrogens with one attached hydrogen (secondary N) is 2. The van der Waals surface area contributed by atoms with Crippen LogP contribution in [-0.4, -0.2) is 31.0 Å². The Labute approximate surface area is 89.5 Å². The van der Waals surface area contributed by atoms with Crippen molar-refractivity contribution in [1.29, 1.82) is 0 Å². The first kappa shape index (κ1) is 13.9. The summed E-state index contributed by atoms with van der Waals surface area (Å²) in [6, 6.07) is 0.416. The van der Waals surface area contributed by atoms with Crippen LogP contribution in [0, 0.1) is 0 Å². The highest BCUT2D eigenvalue weighted by Gasteiger charge is 2.02. The van der Waals surface area contributed by atoms with Crippen molar-refractivity contribution in [3.8, 4) is 0 Å². The molecule has 0 aromatic rings. The van der Waals surface area contributed by atoms with Crippen molar-refractivity contribution in [1.82, 2.24) is 10.8 Å². The summed E-state index contributed by atoms with van der Waals surface area (Å²) in [7, 11) is 0. The highest BCUT2D eigenvalue weighted by molar-refractivity contribution is 5.76. The molecular weight excluding hydrogens is 198 g/mol. The largest absolute Gasteiger partial charge is 0.368 e. The van der Waals surface area contributed by atoms with E-state index in [4.69, 9.17) is 5.73 Å². The van der Waals surface area contributed by atoms with Crippen LogP contribution in [-0.2, 0) is 14.4 Å². The molecule has 0 heterocycles. The summed E-state index contributed by atoms with van der Waals surface area (Å²) in [5.74, 6) is -0.862. The average molecular weight is 217 g/mol. The molecule has 4 N–H and O–H groups in total. The van der Waals surface area contributed by atoms with Crippen molar-refractivity contribution < 1.29 is 14.4 Å². The molecule has 0 rings (SSSR count). The van der Waals surface area contributed by atoms with E-state index in [0.29, 0.717) is 12.5 Å². The van der Waals surface area contributed by atoms with E-state index in [1.54, 1.807) is 0 Å². The number of amides is 2. The quantitative estimate of drug-likeness (QED) is 0.370. The van der Waals surface area contributed by atoms with Gasteiger partial charge in [-0.2, -0.15) is 0 Å². The summed E-state index contributed by atoms with van der Waals surface area (Å²) in [6.45, 7) is 4.56. The van der Waals surface area contributed by atoms with Crippen molar-refractivity contribution in [2.45, 2.75) is 32.7 Å². The lowest BCUT2D eigenvalue weighted by atomic mass is 10.3. The number of hydroxylamine groups is 1. The number of hydrogen-bond donors (Lipinski definition) is 3. The van der Waals surface area contributed by atoms with Crippen LogP contribution in [0.25, 0.3) is 0 Å². The Kier molecular flexibility index (Phi) is 7.57. The summed E-state index contributed by atoms with van der Waals surface area (Å²) >= 11 is 0. The van der Waals surface area contributed by atoms with Gasteiger partial charge in [-0.15, -0.1) is 0 Å². The minimum atomic E-state index is -0.614. The lowest BCUT2D eigenvalue weighted by Crippen LogP contribution is -2.30. The minimum absolute atomic E-state index is 0.248. The van der Waals surface area contributed by atoms with Crippen molar-refractivity contribution in [2.24, 2.45) is 5.73 Å². The van der Waals surface area contributed by atoms with Gasteiger partial charge in [-0.1, -0.05) is 13.8 Å². The molecule has 0 aliphatic rings. The molecule has 0 aliphatic heterocycles. The Bertz CT molecular complexity index is 207. The summed E-state index contributed by atoms with van der Waals surface area (Å²) in [6.07, 6.45) is 1.09. The molecule has 0 radical (unpaired) electrons. The third-order valence-corrected chi connectivity index (χ3v) is 1.53. The normalized spacial score (nSPS) is 10.3. The van der Waals surface area contributed by atoms with Gasteiger partial charge in [0.15, 0.2) is 6.61 Å². The van der Waals surface area contributed by atoms with Crippen LogP contribution >= 0.6 is 0 Å². The summed E-state index contributed by atoms with van der Waals surface area (Å²) in [4.78, 5) is 25.8. The van der Waals surface area contributed by atoms with Crippen LogP contribution in [0.1, 0.15) is 26.7 Å². The molecule has 0 aromatic carbocycles. The van der Waals surface area contributed by atoms with Crippen molar-refractivity contribution in [3.05, 3.63) is 0 Å². The standard InChI is InChI=1S/C9H19N3O3/c1-7(2)11-5-3-4-9(14)12-15-6-8(10)13/h7,11H,3-6H2,1-2H3,(H2,10,13)(H,12,14). The molecule has 0 aromatic heterocycles. The van der Waals surface area contributed by atoms with Crippen molar-refractivity contribution >= 4 is 11.8 Å². The smallest absolute Gasteiger partial charge is 0.246 e. The maximum atomic E-state index is 11.1. The minimum Gasteiger partial charge on any atom is -0.368 e. The van der Waals surface area contributed by atoms with E-state index in [1.165, 1.54) is 0 Å². The Hall–Kier alpha value is -1.14. The first-order valence-corrected chi connectivity index (χ1v) is 4.94. The zero-order valence-corrected chi connectivity index (χ0v) is 9.21. The van der Waals surface area contributed by atoms with Crippen LogP contribution in [0.4, 0.5) is 0 Å². The first-order chi connectivity index (χ1) is 7.02. The zero-order valence-electron chi connectivity index (χ0n) is 9.21. The molecule has 0 bridgehead atoms. The van der Waals surface area contributed by atoms with E-state index in [0.717, 1.165) is 13.0 Å². The number of hydrogen-bond acceptors (Lipinski definition) is 4. The second-order valence-corrected chi connectivity index (χ2v) is 3.49. The predicted octanol–water partition coefficient (Wildman–Crippen LogP) is -0.702. The van der Waals surface area contributed by atoms with Crippen LogP contribution in [0.2, 0.25) is 0 Å². The van der Waals surface area contributed by atoms with Gasteiger partial charge >= 0.3 is 0 Å². The molecular formula is C9H19N3O3. The van der Waals surface area contributed by atoms with E-state index < -0.39 is 5.91 Å². The van der Waals surface area contributed by atoms with Gasteiger partial charge in [0, 0.05) is 12.5 Å². The molecule has 0 saturated heterocycles. The molecule has 0 unspecified atom stereocenters. The number of nitrogens with two attached hydrogens (primary N) is 1. The Balaban J connectivity index is 3.30. The monoisotopic (exact) mass is 217 g/mol.